The number of aryl methyl sites for hydroxylation is 5. The summed E-state index contributed by atoms with van der Waals surface area (Å²) in [5, 5.41) is 3.07. The Morgan fingerprint density at radius 1 is 0.914 bits per heavy atom. The van der Waals surface area contributed by atoms with Crippen LogP contribution in [-0.4, -0.2) is 28.6 Å². The van der Waals surface area contributed by atoms with Crippen LogP contribution in [-0.2, 0) is 13.0 Å². The first-order valence-electron chi connectivity index (χ1n) is 12.4. The number of carbonyl (C=O) groups is 1. The number of para-hydroxylation sites is 2. The number of benzene rings is 3. The number of ether oxygens (including phenoxy) is 1. The van der Waals surface area contributed by atoms with Crippen LogP contribution < -0.4 is 10.1 Å². The summed E-state index contributed by atoms with van der Waals surface area (Å²) in [6.45, 7) is 10.3. The van der Waals surface area contributed by atoms with E-state index in [1.807, 2.05) is 44.2 Å². The van der Waals surface area contributed by atoms with Gasteiger partial charge in [0, 0.05) is 25.1 Å². The van der Waals surface area contributed by atoms with Gasteiger partial charge in [-0.3, -0.25) is 4.79 Å². The second kappa shape index (κ2) is 11.2. The van der Waals surface area contributed by atoms with Crippen LogP contribution >= 0.6 is 0 Å². The first-order valence-corrected chi connectivity index (χ1v) is 12.4. The van der Waals surface area contributed by atoms with E-state index in [4.69, 9.17) is 9.72 Å². The Bertz CT molecular complexity index is 1320. The van der Waals surface area contributed by atoms with Gasteiger partial charge in [0.05, 0.1) is 17.6 Å². The van der Waals surface area contributed by atoms with E-state index >= 15 is 0 Å². The topological polar surface area (TPSA) is 56.2 Å². The van der Waals surface area contributed by atoms with Gasteiger partial charge >= 0.3 is 0 Å². The molecule has 1 aromatic heterocycles. The van der Waals surface area contributed by atoms with Gasteiger partial charge in [0.25, 0.3) is 5.91 Å². The number of hydrogen-bond donors (Lipinski definition) is 1. The summed E-state index contributed by atoms with van der Waals surface area (Å²) in [4.78, 5) is 17.5. The van der Waals surface area contributed by atoms with Crippen LogP contribution in [0.5, 0.6) is 5.75 Å². The van der Waals surface area contributed by atoms with Gasteiger partial charge < -0.3 is 14.6 Å². The van der Waals surface area contributed by atoms with Crippen LogP contribution in [0.25, 0.3) is 11.0 Å². The van der Waals surface area contributed by atoms with E-state index in [-0.39, 0.29) is 5.91 Å². The summed E-state index contributed by atoms with van der Waals surface area (Å²) in [5.74, 6) is 1.94. The maximum Gasteiger partial charge on any atom is 0.251 e. The molecular formula is C30H35N3O2. The number of hydrogen-bond acceptors (Lipinski definition) is 3. The maximum absolute atomic E-state index is 12.7. The number of fused-ring (bicyclic) bond motifs is 1. The highest BCUT2D eigenvalue weighted by atomic mass is 16.5. The zero-order valence-electron chi connectivity index (χ0n) is 21.2. The second-order valence-electron chi connectivity index (χ2n) is 9.32. The lowest BCUT2D eigenvalue weighted by Gasteiger charge is -2.12. The lowest BCUT2D eigenvalue weighted by molar-refractivity contribution is 0.0953. The molecule has 0 radical (unpaired) electrons. The van der Waals surface area contributed by atoms with Crippen LogP contribution in [0, 0.1) is 27.7 Å². The molecule has 3 aromatic carbocycles. The number of rotatable bonds is 10. The highest BCUT2D eigenvalue weighted by Gasteiger charge is 2.12. The molecule has 1 heterocycles. The maximum atomic E-state index is 12.7. The Labute approximate surface area is 208 Å². The van der Waals surface area contributed by atoms with Gasteiger partial charge in [-0.25, -0.2) is 4.98 Å². The molecular weight excluding hydrogens is 434 g/mol. The van der Waals surface area contributed by atoms with E-state index in [0.29, 0.717) is 19.6 Å². The zero-order valence-corrected chi connectivity index (χ0v) is 21.2. The molecule has 0 aliphatic heterocycles. The smallest absolute Gasteiger partial charge is 0.251 e. The van der Waals surface area contributed by atoms with Gasteiger partial charge in [-0.2, -0.15) is 0 Å². The van der Waals surface area contributed by atoms with Crippen molar-refractivity contribution in [1.82, 2.24) is 14.9 Å². The molecule has 5 heteroatoms. The Kier molecular flexibility index (Phi) is 7.86. The van der Waals surface area contributed by atoms with Crippen LogP contribution in [0.4, 0.5) is 0 Å². The molecule has 4 aromatic rings. The molecule has 4 rings (SSSR count). The summed E-state index contributed by atoms with van der Waals surface area (Å²) in [6.07, 6.45) is 2.64. The van der Waals surface area contributed by atoms with E-state index in [0.717, 1.165) is 58.7 Å². The summed E-state index contributed by atoms with van der Waals surface area (Å²) in [6, 6.07) is 20.5. The fourth-order valence-electron chi connectivity index (χ4n) is 4.43. The van der Waals surface area contributed by atoms with Crippen molar-refractivity contribution in [1.29, 1.82) is 0 Å². The molecule has 0 spiro atoms. The molecule has 0 unspecified atom stereocenters. The molecule has 0 bridgehead atoms. The minimum atomic E-state index is -0.0336. The molecule has 0 aliphatic carbocycles. The average molecular weight is 470 g/mol. The molecule has 0 fully saturated rings. The Morgan fingerprint density at radius 2 is 1.69 bits per heavy atom. The van der Waals surface area contributed by atoms with Crippen molar-refractivity contribution in [3.8, 4) is 5.75 Å². The second-order valence-corrected chi connectivity index (χ2v) is 9.32. The fraction of sp³-hybridized carbons (Fsp3) is 0.333. The SMILES string of the molecule is Cc1ccc(C(=O)NCCc2nc3ccccc3n2CCCCOc2cc(C)ccc2C)c(C)c1. The highest BCUT2D eigenvalue weighted by molar-refractivity contribution is 5.95. The predicted octanol–water partition coefficient (Wildman–Crippen LogP) is 6.10. The minimum absolute atomic E-state index is 0.0336. The molecule has 182 valence electrons. The Morgan fingerprint density at radius 3 is 2.51 bits per heavy atom. The lowest BCUT2D eigenvalue weighted by atomic mass is 10.1. The summed E-state index contributed by atoms with van der Waals surface area (Å²) in [7, 11) is 0. The molecule has 1 amide bonds. The number of imidazole rings is 1. The van der Waals surface area contributed by atoms with Crippen LogP contribution in [0.15, 0.2) is 60.7 Å². The zero-order chi connectivity index (χ0) is 24.8. The van der Waals surface area contributed by atoms with Gasteiger partial charge in [0.2, 0.25) is 0 Å². The molecule has 1 N–H and O–H groups in total. The Balaban J connectivity index is 1.35. The molecule has 0 saturated heterocycles. The predicted molar refractivity (Wildman–Crippen MR) is 142 cm³/mol. The van der Waals surface area contributed by atoms with E-state index in [1.165, 1.54) is 11.1 Å². The van der Waals surface area contributed by atoms with Gasteiger partial charge in [-0.1, -0.05) is 42.0 Å². The normalized spacial score (nSPS) is 11.1. The minimum Gasteiger partial charge on any atom is -0.493 e. The first-order chi connectivity index (χ1) is 16.9. The van der Waals surface area contributed by atoms with Crippen molar-refractivity contribution < 1.29 is 9.53 Å². The average Bonchev–Trinajstić information content (AvgIpc) is 3.18. The van der Waals surface area contributed by atoms with E-state index in [2.05, 4.69) is 54.1 Å². The van der Waals surface area contributed by atoms with Gasteiger partial charge in [0.1, 0.15) is 11.6 Å². The van der Waals surface area contributed by atoms with E-state index < -0.39 is 0 Å². The van der Waals surface area contributed by atoms with Crippen molar-refractivity contribution in [3.63, 3.8) is 0 Å². The summed E-state index contributed by atoms with van der Waals surface area (Å²) >= 11 is 0. The van der Waals surface area contributed by atoms with Crippen molar-refractivity contribution in [2.24, 2.45) is 0 Å². The summed E-state index contributed by atoms with van der Waals surface area (Å²) in [5.41, 5.74) is 7.40. The number of nitrogens with one attached hydrogen (secondary N) is 1. The number of nitrogens with zero attached hydrogens (tertiary/aromatic N) is 2. The fourth-order valence-corrected chi connectivity index (χ4v) is 4.43. The van der Waals surface area contributed by atoms with Crippen LogP contribution in [0.3, 0.4) is 0 Å². The third-order valence-electron chi connectivity index (χ3n) is 6.37. The first kappa shape index (κ1) is 24.5. The van der Waals surface area contributed by atoms with Crippen molar-refractivity contribution in [2.45, 2.75) is 53.5 Å². The Hall–Kier alpha value is -3.60. The monoisotopic (exact) mass is 469 g/mol. The standard InChI is InChI=1S/C30H35N3O2/c1-21-12-14-25(24(4)19-21)30(34)31-16-15-29-32-26-9-5-6-10-27(26)33(29)17-7-8-18-35-28-20-22(2)11-13-23(28)3/h5-6,9-14,19-20H,7-8,15-18H2,1-4H3,(H,31,34). The van der Waals surface area contributed by atoms with Crippen LogP contribution in [0.1, 0.15) is 51.3 Å². The van der Waals surface area contributed by atoms with E-state index in [1.54, 1.807) is 0 Å². The molecule has 35 heavy (non-hydrogen) atoms. The van der Waals surface area contributed by atoms with Crippen molar-refractivity contribution >= 4 is 16.9 Å². The van der Waals surface area contributed by atoms with E-state index in [9.17, 15) is 4.79 Å². The van der Waals surface area contributed by atoms with Gasteiger partial charge in [-0.15, -0.1) is 0 Å². The van der Waals surface area contributed by atoms with Crippen molar-refractivity contribution in [3.05, 3.63) is 94.3 Å². The highest BCUT2D eigenvalue weighted by Crippen LogP contribution is 2.20. The van der Waals surface area contributed by atoms with Crippen molar-refractivity contribution in [2.75, 3.05) is 13.2 Å². The number of aromatic nitrogens is 2. The largest absolute Gasteiger partial charge is 0.493 e. The molecule has 0 saturated carbocycles. The number of unbranched alkanes of at least 4 members (excludes halogenated alkanes) is 1. The van der Waals surface area contributed by atoms with Gasteiger partial charge in [-0.05, 0) is 81.5 Å². The van der Waals surface area contributed by atoms with Crippen LogP contribution in [0.2, 0.25) is 0 Å². The lowest BCUT2D eigenvalue weighted by Crippen LogP contribution is -2.27. The number of amides is 1. The third-order valence-corrected chi connectivity index (χ3v) is 6.37. The molecule has 5 nitrogen and oxygen atoms in total. The molecule has 0 aliphatic rings. The summed E-state index contributed by atoms with van der Waals surface area (Å²) < 4.78 is 8.32. The number of carbonyl (C=O) groups excluding carboxylic acids is 1. The molecule has 0 atom stereocenters. The third kappa shape index (κ3) is 6.10. The quantitative estimate of drug-likeness (QED) is 0.286. The van der Waals surface area contributed by atoms with Gasteiger partial charge in [0.15, 0.2) is 0 Å².